The molecule has 3 atom stereocenters. The van der Waals surface area contributed by atoms with E-state index in [0.717, 1.165) is 62.0 Å². The number of esters is 1. The maximum atomic E-state index is 13.1. The lowest BCUT2D eigenvalue weighted by atomic mass is 9.65. The van der Waals surface area contributed by atoms with Crippen molar-refractivity contribution in [2.75, 3.05) is 12.4 Å². The Balaban J connectivity index is 1.44. The Morgan fingerprint density at radius 3 is 2.02 bits per heavy atom. The van der Waals surface area contributed by atoms with Gasteiger partial charge in [-0.25, -0.2) is 0 Å². The number of unbranched alkanes of at least 4 members (excludes halogenated alkanes) is 8. The van der Waals surface area contributed by atoms with Crippen molar-refractivity contribution in [1.82, 2.24) is 0 Å². The number of benzene rings is 2. The molecule has 0 spiro atoms. The third-order valence-electron chi connectivity index (χ3n) is 9.72. The molecule has 3 unspecified atom stereocenters. The molecule has 0 bridgehead atoms. The van der Waals surface area contributed by atoms with Gasteiger partial charge in [-0.05, 0) is 80.3 Å². The number of phenolic OH excluding ortho intramolecular Hbond substituents is 2. The average Bonchev–Trinajstić information content (AvgIpc) is 3.02. The SMILES string of the molecule is CCOC(=O)C(CCCCCCCCC1c2ccc(O)cc2SCC1(CC)c1ccc(O)cc1)CCCCCCC(F)(F)C(F)(F)F. The topological polar surface area (TPSA) is 66.8 Å². The maximum Gasteiger partial charge on any atom is 0.453 e. The standard InChI is InChI=1S/C37H51F5O4S/c1-3-35(28-18-20-29(43)21-19-28)26-47-33-25-30(44)22-23-31(33)32(35)17-13-8-6-5-7-11-15-27(34(45)46-4-2)16-12-9-10-14-24-36(38,39)37(40,41)42/h18-23,25,27,32,43-44H,3-17,24,26H2,1-2H3. The van der Waals surface area contributed by atoms with Gasteiger partial charge in [0.05, 0.1) is 12.5 Å². The summed E-state index contributed by atoms with van der Waals surface area (Å²) in [5.41, 5.74) is 2.44. The minimum Gasteiger partial charge on any atom is -0.508 e. The third-order valence-corrected chi connectivity index (χ3v) is 11.0. The van der Waals surface area contributed by atoms with Crippen molar-refractivity contribution in [1.29, 1.82) is 0 Å². The van der Waals surface area contributed by atoms with Crippen molar-refractivity contribution in [3.05, 3.63) is 53.6 Å². The van der Waals surface area contributed by atoms with Crippen molar-refractivity contribution in [3.63, 3.8) is 0 Å². The van der Waals surface area contributed by atoms with Gasteiger partial charge in [0.2, 0.25) is 0 Å². The molecule has 0 amide bonds. The lowest BCUT2D eigenvalue weighted by Gasteiger charge is -2.45. The lowest BCUT2D eigenvalue weighted by molar-refractivity contribution is -0.284. The van der Waals surface area contributed by atoms with Crippen LogP contribution in [0.5, 0.6) is 11.5 Å². The number of thioether (sulfide) groups is 1. The van der Waals surface area contributed by atoms with Gasteiger partial charge in [-0.2, -0.15) is 22.0 Å². The lowest BCUT2D eigenvalue weighted by Crippen LogP contribution is -2.38. The molecule has 4 nitrogen and oxygen atoms in total. The minimum absolute atomic E-state index is 0.0708. The van der Waals surface area contributed by atoms with Crippen LogP contribution < -0.4 is 0 Å². The molecule has 10 heteroatoms. The first-order valence-corrected chi connectivity index (χ1v) is 18.2. The molecule has 1 aliphatic rings. The van der Waals surface area contributed by atoms with Crippen LogP contribution in [0.4, 0.5) is 22.0 Å². The van der Waals surface area contributed by atoms with E-state index in [1.165, 1.54) is 11.1 Å². The Kier molecular flexibility index (Phi) is 15.2. The van der Waals surface area contributed by atoms with Gasteiger partial charge in [-0.3, -0.25) is 4.79 Å². The summed E-state index contributed by atoms with van der Waals surface area (Å²) < 4.78 is 68.5. The first-order valence-electron chi connectivity index (χ1n) is 17.2. The Labute approximate surface area is 280 Å². The predicted molar refractivity (Wildman–Crippen MR) is 177 cm³/mol. The number of hydrogen-bond donors (Lipinski definition) is 2. The van der Waals surface area contributed by atoms with Crippen molar-refractivity contribution >= 4 is 17.7 Å². The molecule has 1 aliphatic heterocycles. The van der Waals surface area contributed by atoms with Crippen LogP contribution in [-0.2, 0) is 14.9 Å². The monoisotopic (exact) mass is 686 g/mol. The molecule has 264 valence electrons. The molecule has 0 aliphatic carbocycles. The summed E-state index contributed by atoms with van der Waals surface area (Å²) in [7, 11) is 0. The van der Waals surface area contributed by atoms with Crippen LogP contribution in [0.25, 0.3) is 0 Å². The van der Waals surface area contributed by atoms with Gasteiger partial charge in [-0.1, -0.05) is 82.9 Å². The van der Waals surface area contributed by atoms with E-state index in [2.05, 4.69) is 13.0 Å². The van der Waals surface area contributed by atoms with Crippen LogP contribution in [0.15, 0.2) is 47.4 Å². The number of aromatic hydroxyl groups is 2. The number of halogens is 5. The van der Waals surface area contributed by atoms with Crippen molar-refractivity contribution in [2.24, 2.45) is 5.92 Å². The summed E-state index contributed by atoms with van der Waals surface area (Å²) >= 11 is 1.79. The highest BCUT2D eigenvalue weighted by molar-refractivity contribution is 7.99. The van der Waals surface area contributed by atoms with E-state index in [1.807, 2.05) is 18.2 Å². The second-order valence-corrected chi connectivity index (χ2v) is 13.9. The maximum absolute atomic E-state index is 13.1. The Bertz CT molecular complexity index is 1240. The summed E-state index contributed by atoms with van der Waals surface area (Å²) in [6.07, 6.45) is 3.79. The number of ether oxygens (including phenoxy) is 1. The van der Waals surface area contributed by atoms with E-state index in [1.54, 1.807) is 36.9 Å². The van der Waals surface area contributed by atoms with E-state index >= 15 is 0 Å². The number of hydrogen-bond acceptors (Lipinski definition) is 5. The van der Waals surface area contributed by atoms with E-state index < -0.39 is 18.5 Å². The molecule has 0 aromatic heterocycles. The number of carbonyl (C=O) groups is 1. The molecular formula is C37H51F5O4S. The van der Waals surface area contributed by atoms with Gasteiger partial charge in [0.1, 0.15) is 11.5 Å². The number of carbonyl (C=O) groups excluding carboxylic acids is 1. The van der Waals surface area contributed by atoms with Crippen molar-refractivity contribution in [3.8, 4) is 11.5 Å². The molecule has 0 saturated heterocycles. The second kappa shape index (κ2) is 18.3. The van der Waals surface area contributed by atoms with Crippen molar-refractivity contribution in [2.45, 2.75) is 138 Å². The normalized spacial score (nSPS) is 18.9. The molecule has 0 radical (unpaired) electrons. The second-order valence-electron chi connectivity index (χ2n) is 12.9. The zero-order valence-corrected chi connectivity index (χ0v) is 28.5. The minimum atomic E-state index is -5.51. The Morgan fingerprint density at radius 2 is 1.43 bits per heavy atom. The van der Waals surface area contributed by atoms with Gasteiger partial charge in [0.25, 0.3) is 0 Å². The largest absolute Gasteiger partial charge is 0.508 e. The molecule has 3 rings (SSSR count). The fourth-order valence-electron chi connectivity index (χ4n) is 6.92. The molecule has 2 N–H and O–H groups in total. The Morgan fingerprint density at radius 1 is 0.851 bits per heavy atom. The van der Waals surface area contributed by atoms with E-state index in [4.69, 9.17) is 4.74 Å². The highest BCUT2D eigenvalue weighted by atomic mass is 32.2. The molecule has 0 saturated carbocycles. The first-order chi connectivity index (χ1) is 22.3. The van der Waals surface area contributed by atoms with Gasteiger partial charge in [-0.15, -0.1) is 11.8 Å². The van der Waals surface area contributed by atoms with Gasteiger partial charge < -0.3 is 14.9 Å². The van der Waals surface area contributed by atoms with Crippen LogP contribution in [0.1, 0.15) is 127 Å². The van der Waals surface area contributed by atoms with E-state index in [-0.39, 0.29) is 48.2 Å². The molecule has 2 aromatic rings. The molecular weight excluding hydrogens is 635 g/mol. The summed E-state index contributed by atoms with van der Waals surface area (Å²) in [6.45, 7) is 4.26. The fourth-order valence-corrected chi connectivity index (χ4v) is 8.49. The number of alkyl halides is 5. The van der Waals surface area contributed by atoms with Crippen LogP contribution in [0.3, 0.4) is 0 Å². The first kappa shape index (κ1) is 39.0. The van der Waals surface area contributed by atoms with Gasteiger partial charge >= 0.3 is 18.1 Å². The van der Waals surface area contributed by atoms with E-state index in [0.29, 0.717) is 31.6 Å². The summed E-state index contributed by atoms with van der Waals surface area (Å²) in [6, 6.07) is 13.3. The van der Waals surface area contributed by atoms with Crippen LogP contribution >= 0.6 is 11.8 Å². The zero-order chi connectivity index (χ0) is 34.5. The number of phenols is 2. The van der Waals surface area contributed by atoms with Crippen LogP contribution in [0, 0.1) is 5.92 Å². The quantitative estimate of drug-likeness (QED) is 0.0824. The smallest absolute Gasteiger partial charge is 0.453 e. The van der Waals surface area contributed by atoms with Gasteiger partial charge in [0, 0.05) is 22.5 Å². The number of rotatable bonds is 20. The molecule has 47 heavy (non-hydrogen) atoms. The van der Waals surface area contributed by atoms with E-state index in [9.17, 15) is 37.0 Å². The molecule has 2 aromatic carbocycles. The van der Waals surface area contributed by atoms with Crippen LogP contribution in [0.2, 0.25) is 0 Å². The number of fused-ring (bicyclic) bond motifs is 1. The highest BCUT2D eigenvalue weighted by Gasteiger charge is 2.56. The molecule has 0 fully saturated rings. The highest BCUT2D eigenvalue weighted by Crippen LogP contribution is 2.54. The Hall–Kier alpha value is -2.49. The zero-order valence-electron chi connectivity index (χ0n) is 27.7. The summed E-state index contributed by atoms with van der Waals surface area (Å²) in [5.74, 6) is -3.46. The summed E-state index contributed by atoms with van der Waals surface area (Å²) in [5, 5.41) is 20.0. The molecule has 1 heterocycles. The summed E-state index contributed by atoms with van der Waals surface area (Å²) in [4.78, 5) is 13.6. The fraction of sp³-hybridized carbons (Fsp3) is 0.649. The van der Waals surface area contributed by atoms with Gasteiger partial charge in [0.15, 0.2) is 0 Å². The van der Waals surface area contributed by atoms with Crippen molar-refractivity contribution < 1.29 is 41.7 Å². The average molecular weight is 687 g/mol. The van der Waals surface area contributed by atoms with Crippen LogP contribution in [-0.4, -0.2) is 40.6 Å². The predicted octanol–water partition coefficient (Wildman–Crippen LogP) is 11.5. The third kappa shape index (κ3) is 11.0.